The zero-order chi connectivity index (χ0) is 14.8. The zero-order valence-electron chi connectivity index (χ0n) is 12.3. The minimum Gasteiger partial charge on any atom is -0.423 e. The number of rotatable bonds is 4. The first-order valence-corrected chi connectivity index (χ1v) is 8.33. The summed E-state index contributed by atoms with van der Waals surface area (Å²) in [5, 5.41) is 3.40. The van der Waals surface area contributed by atoms with Crippen LogP contribution in [0.1, 0.15) is 19.4 Å². The third-order valence-corrected chi connectivity index (χ3v) is 4.84. The minimum absolute atomic E-state index is 0.266. The van der Waals surface area contributed by atoms with Crippen LogP contribution < -0.4 is 5.63 Å². The van der Waals surface area contributed by atoms with Crippen molar-refractivity contribution in [1.82, 2.24) is 0 Å². The second-order valence-electron chi connectivity index (χ2n) is 5.66. The van der Waals surface area contributed by atoms with E-state index >= 15 is 0 Å². The van der Waals surface area contributed by atoms with Crippen LogP contribution in [-0.2, 0) is 5.75 Å². The van der Waals surface area contributed by atoms with Crippen molar-refractivity contribution < 1.29 is 4.42 Å². The van der Waals surface area contributed by atoms with Crippen LogP contribution in [0.15, 0.2) is 51.7 Å². The lowest BCUT2D eigenvalue weighted by atomic mass is 10.0. The highest BCUT2D eigenvalue weighted by Gasteiger charge is 2.09. The van der Waals surface area contributed by atoms with E-state index in [9.17, 15) is 4.79 Å². The Morgan fingerprint density at radius 1 is 1.14 bits per heavy atom. The number of hydrogen-bond acceptors (Lipinski definition) is 3. The Kier molecular flexibility index (Phi) is 4.02. The van der Waals surface area contributed by atoms with E-state index in [0.29, 0.717) is 11.5 Å². The highest BCUT2D eigenvalue weighted by atomic mass is 32.2. The summed E-state index contributed by atoms with van der Waals surface area (Å²) in [7, 11) is 0. The molecule has 2 aromatic carbocycles. The van der Waals surface area contributed by atoms with Crippen molar-refractivity contribution in [2.45, 2.75) is 19.6 Å². The highest BCUT2D eigenvalue weighted by Crippen LogP contribution is 2.29. The first kappa shape index (κ1) is 14.2. The van der Waals surface area contributed by atoms with Crippen molar-refractivity contribution in [1.29, 1.82) is 0 Å². The first-order chi connectivity index (χ1) is 10.1. The maximum atomic E-state index is 11.8. The highest BCUT2D eigenvalue weighted by molar-refractivity contribution is 7.98. The molecule has 0 fully saturated rings. The normalized spacial score (nSPS) is 11.6. The van der Waals surface area contributed by atoms with Gasteiger partial charge in [0.05, 0.1) is 0 Å². The first-order valence-electron chi connectivity index (χ1n) is 7.17. The van der Waals surface area contributed by atoms with Gasteiger partial charge in [0.2, 0.25) is 0 Å². The molecule has 0 aliphatic heterocycles. The summed E-state index contributed by atoms with van der Waals surface area (Å²) in [5.41, 5.74) is 1.49. The summed E-state index contributed by atoms with van der Waals surface area (Å²) >= 11 is 1.87. The molecule has 0 atom stereocenters. The summed E-state index contributed by atoms with van der Waals surface area (Å²) in [5.74, 6) is 2.58. The summed E-state index contributed by atoms with van der Waals surface area (Å²) in [4.78, 5) is 11.8. The smallest absolute Gasteiger partial charge is 0.336 e. The fraction of sp³-hybridized carbons (Fsp3) is 0.278. The Morgan fingerprint density at radius 3 is 2.76 bits per heavy atom. The van der Waals surface area contributed by atoms with Crippen LogP contribution in [0.5, 0.6) is 0 Å². The molecule has 108 valence electrons. The third-order valence-electron chi connectivity index (χ3n) is 3.42. The van der Waals surface area contributed by atoms with E-state index in [0.717, 1.165) is 27.8 Å². The lowest BCUT2D eigenvalue weighted by Crippen LogP contribution is -2.01. The van der Waals surface area contributed by atoms with Crippen molar-refractivity contribution in [3.8, 4) is 0 Å². The van der Waals surface area contributed by atoms with Gasteiger partial charge < -0.3 is 4.42 Å². The maximum absolute atomic E-state index is 11.8. The Labute approximate surface area is 128 Å². The van der Waals surface area contributed by atoms with E-state index in [2.05, 4.69) is 26.0 Å². The van der Waals surface area contributed by atoms with Crippen molar-refractivity contribution in [3.05, 3.63) is 58.4 Å². The van der Waals surface area contributed by atoms with Crippen LogP contribution in [0.2, 0.25) is 0 Å². The van der Waals surface area contributed by atoms with Crippen LogP contribution in [0.4, 0.5) is 0 Å². The van der Waals surface area contributed by atoms with Crippen molar-refractivity contribution in [3.63, 3.8) is 0 Å². The lowest BCUT2D eigenvalue weighted by molar-refractivity contribution is 0.560. The monoisotopic (exact) mass is 298 g/mol. The van der Waals surface area contributed by atoms with Crippen LogP contribution in [0.3, 0.4) is 0 Å². The minimum atomic E-state index is -0.266. The molecule has 3 aromatic rings. The van der Waals surface area contributed by atoms with Gasteiger partial charge in [-0.05, 0) is 34.1 Å². The Hall–Kier alpha value is -1.74. The van der Waals surface area contributed by atoms with Gasteiger partial charge in [0.25, 0.3) is 0 Å². The van der Waals surface area contributed by atoms with E-state index in [-0.39, 0.29) is 5.63 Å². The van der Waals surface area contributed by atoms with Crippen LogP contribution in [0, 0.1) is 5.92 Å². The van der Waals surface area contributed by atoms with Gasteiger partial charge in [-0.15, -0.1) is 0 Å². The van der Waals surface area contributed by atoms with E-state index in [1.165, 1.54) is 5.39 Å². The van der Waals surface area contributed by atoms with Gasteiger partial charge in [-0.1, -0.05) is 44.2 Å². The molecule has 0 N–H and O–H groups in total. The van der Waals surface area contributed by atoms with E-state index in [1.54, 1.807) is 6.07 Å². The topological polar surface area (TPSA) is 30.2 Å². The van der Waals surface area contributed by atoms with Crippen molar-refractivity contribution >= 4 is 33.5 Å². The quantitative estimate of drug-likeness (QED) is 0.510. The molecule has 0 saturated heterocycles. The molecular weight excluding hydrogens is 280 g/mol. The molecule has 21 heavy (non-hydrogen) atoms. The SMILES string of the molecule is CC(C)CSCc1cc(=O)oc2ccc3ccccc3c12. The number of thioether (sulfide) groups is 1. The average molecular weight is 298 g/mol. The summed E-state index contributed by atoms with van der Waals surface area (Å²) in [6.07, 6.45) is 0. The molecule has 2 nitrogen and oxygen atoms in total. The van der Waals surface area contributed by atoms with Gasteiger partial charge in [0.15, 0.2) is 0 Å². The molecule has 3 rings (SSSR count). The number of benzene rings is 2. The average Bonchev–Trinajstić information content (AvgIpc) is 2.46. The molecule has 0 spiro atoms. The van der Waals surface area contributed by atoms with Gasteiger partial charge in [0, 0.05) is 17.2 Å². The fourth-order valence-electron chi connectivity index (χ4n) is 2.54. The van der Waals surface area contributed by atoms with Crippen molar-refractivity contribution in [2.75, 3.05) is 5.75 Å². The standard InChI is InChI=1S/C18H18O2S/c1-12(2)10-21-11-14-9-17(19)20-16-8-7-13-5-3-4-6-15(13)18(14)16/h3-9,12H,10-11H2,1-2H3. The van der Waals surface area contributed by atoms with Gasteiger partial charge in [-0.3, -0.25) is 0 Å². The van der Waals surface area contributed by atoms with Gasteiger partial charge in [-0.2, -0.15) is 11.8 Å². The molecule has 3 heteroatoms. The van der Waals surface area contributed by atoms with E-state index in [1.807, 2.05) is 36.0 Å². The van der Waals surface area contributed by atoms with E-state index in [4.69, 9.17) is 4.42 Å². The molecule has 0 bridgehead atoms. The zero-order valence-corrected chi connectivity index (χ0v) is 13.1. The van der Waals surface area contributed by atoms with Gasteiger partial charge in [-0.25, -0.2) is 4.79 Å². The molecule has 0 aliphatic carbocycles. The summed E-state index contributed by atoms with van der Waals surface area (Å²) < 4.78 is 5.37. The maximum Gasteiger partial charge on any atom is 0.336 e. The van der Waals surface area contributed by atoms with Crippen molar-refractivity contribution in [2.24, 2.45) is 5.92 Å². The van der Waals surface area contributed by atoms with Crippen LogP contribution in [-0.4, -0.2) is 5.75 Å². The third kappa shape index (κ3) is 2.98. The summed E-state index contributed by atoms with van der Waals surface area (Å²) in [6.45, 7) is 4.42. The number of fused-ring (bicyclic) bond motifs is 3. The second-order valence-corrected chi connectivity index (χ2v) is 6.69. The van der Waals surface area contributed by atoms with E-state index < -0.39 is 0 Å². The molecule has 0 radical (unpaired) electrons. The predicted molar refractivity (Wildman–Crippen MR) is 91.0 cm³/mol. The fourth-order valence-corrected chi connectivity index (χ4v) is 3.58. The lowest BCUT2D eigenvalue weighted by Gasteiger charge is -2.09. The number of hydrogen-bond donors (Lipinski definition) is 0. The molecule has 0 aliphatic rings. The Balaban J connectivity index is 2.16. The molecule has 0 amide bonds. The van der Waals surface area contributed by atoms with Crippen LogP contribution in [0.25, 0.3) is 21.7 Å². The van der Waals surface area contributed by atoms with Gasteiger partial charge in [0.1, 0.15) is 5.58 Å². The molecule has 0 saturated carbocycles. The molecule has 0 unspecified atom stereocenters. The molecule has 1 aromatic heterocycles. The predicted octanol–water partition coefficient (Wildman–Crippen LogP) is 4.84. The second kappa shape index (κ2) is 5.94. The molecular formula is C18H18O2S. The molecule has 1 heterocycles. The Bertz CT molecular complexity index is 833. The Morgan fingerprint density at radius 2 is 1.95 bits per heavy atom. The summed E-state index contributed by atoms with van der Waals surface area (Å²) in [6, 6.07) is 13.8. The van der Waals surface area contributed by atoms with Gasteiger partial charge >= 0.3 is 5.63 Å². The largest absolute Gasteiger partial charge is 0.423 e. The van der Waals surface area contributed by atoms with Crippen LogP contribution >= 0.6 is 11.8 Å².